The summed E-state index contributed by atoms with van der Waals surface area (Å²) < 4.78 is 4.42. The van der Waals surface area contributed by atoms with E-state index in [0.717, 1.165) is 52.8 Å². The molecule has 44 heavy (non-hydrogen) atoms. The van der Waals surface area contributed by atoms with E-state index >= 15 is 0 Å². The fraction of sp³-hybridized carbons (Fsp3) is 0.378. The van der Waals surface area contributed by atoms with Gasteiger partial charge in [0.1, 0.15) is 5.82 Å². The van der Waals surface area contributed by atoms with Crippen LogP contribution in [-0.4, -0.2) is 25.8 Å². The number of Topliss-reactive ketones (excluding diaryl/α,β-unsaturated/α-hetero) is 1. The van der Waals surface area contributed by atoms with Crippen LogP contribution in [0.25, 0.3) is 39.3 Å². The van der Waals surface area contributed by atoms with E-state index in [2.05, 4.69) is 56.5 Å². The number of aryl methyl sites for hydroxylation is 2. The lowest BCUT2D eigenvalue weighted by Gasteiger charge is -2.41. The van der Waals surface area contributed by atoms with Crippen molar-refractivity contribution >= 4 is 51.0 Å². The fourth-order valence-corrected chi connectivity index (χ4v) is 8.10. The molecule has 0 aliphatic heterocycles. The highest BCUT2D eigenvalue weighted by molar-refractivity contribution is 7.08. The van der Waals surface area contributed by atoms with E-state index in [0.29, 0.717) is 11.5 Å². The Morgan fingerprint density at radius 1 is 0.955 bits per heavy atom. The number of carbonyl (C=O) groups is 2. The van der Waals surface area contributed by atoms with E-state index in [4.69, 9.17) is 4.98 Å². The molecule has 1 amide bonds. The molecule has 3 aromatic heterocycles. The molecule has 2 aromatic carbocycles. The van der Waals surface area contributed by atoms with Crippen molar-refractivity contribution in [2.45, 2.75) is 76.7 Å². The van der Waals surface area contributed by atoms with Crippen LogP contribution in [-0.2, 0) is 24.4 Å². The minimum absolute atomic E-state index is 0.0585. The molecule has 5 aromatic rings. The maximum absolute atomic E-state index is 14.0. The van der Waals surface area contributed by atoms with Gasteiger partial charge in [-0.25, -0.2) is 4.98 Å². The number of rotatable bonds is 7. The molecule has 0 unspecified atom stereocenters. The third-order valence-electron chi connectivity index (χ3n) is 10.1. The first-order valence-corrected chi connectivity index (χ1v) is 16.8. The molecule has 2 fully saturated rings. The van der Waals surface area contributed by atoms with Crippen molar-refractivity contribution in [1.82, 2.24) is 19.4 Å². The minimum Gasteiger partial charge on any atom is -0.343 e. The number of nitrogens with one attached hydrogen (secondary N) is 1. The third kappa shape index (κ3) is 4.82. The Morgan fingerprint density at radius 2 is 1.75 bits per heavy atom. The first-order valence-electron chi connectivity index (χ1n) is 15.9. The molecule has 7 rings (SSSR count). The maximum Gasteiger partial charge on any atom is 0.252 e. The quantitative estimate of drug-likeness (QED) is 0.189. The molecule has 226 valence electrons. The van der Waals surface area contributed by atoms with E-state index in [1.165, 1.54) is 54.3 Å². The number of amides is 1. The first-order chi connectivity index (χ1) is 21.3. The largest absolute Gasteiger partial charge is 0.343 e. The van der Waals surface area contributed by atoms with E-state index in [-0.39, 0.29) is 11.7 Å². The number of nitrogens with zero attached hydrogens (tertiary/aromatic N) is 3. The number of imidazole rings is 1. The molecule has 0 spiro atoms. The Hall–Kier alpha value is -3.97. The molecule has 7 heteroatoms. The molecule has 6 nitrogen and oxygen atoms in total. The molecule has 0 saturated heterocycles. The van der Waals surface area contributed by atoms with Crippen LogP contribution in [0.1, 0.15) is 98.4 Å². The van der Waals surface area contributed by atoms with Crippen molar-refractivity contribution in [1.29, 1.82) is 0 Å². The number of carbonyl (C=O) groups excluding carboxylic acids is 2. The van der Waals surface area contributed by atoms with Crippen molar-refractivity contribution in [2.24, 2.45) is 14.1 Å². The average molecular weight is 605 g/mol. The van der Waals surface area contributed by atoms with E-state index in [9.17, 15) is 9.59 Å². The lowest BCUT2D eigenvalue weighted by molar-refractivity contribution is -0.113. The topological polar surface area (TPSA) is 68.9 Å². The lowest BCUT2D eigenvalue weighted by Crippen LogP contribution is -2.52. The summed E-state index contributed by atoms with van der Waals surface area (Å²) in [5.41, 5.74) is 8.89. The van der Waals surface area contributed by atoms with Crippen molar-refractivity contribution in [3.63, 3.8) is 0 Å². The predicted molar refractivity (Wildman–Crippen MR) is 180 cm³/mol. The number of thiophene rings is 1. The Balaban J connectivity index is 1.24. The van der Waals surface area contributed by atoms with Gasteiger partial charge in [0, 0.05) is 41.5 Å². The molecule has 0 bridgehead atoms. The number of aromatic nitrogens is 3. The monoisotopic (exact) mass is 604 g/mol. The van der Waals surface area contributed by atoms with Crippen LogP contribution in [0.3, 0.4) is 0 Å². The normalized spacial score (nSPS) is 17.2. The predicted octanol–water partition coefficient (Wildman–Crippen LogP) is 8.64. The third-order valence-corrected chi connectivity index (χ3v) is 10.8. The zero-order chi connectivity index (χ0) is 30.6. The van der Waals surface area contributed by atoms with Gasteiger partial charge >= 0.3 is 0 Å². The van der Waals surface area contributed by atoms with Gasteiger partial charge in [0.15, 0.2) is 5.78 Å². The molecular weight excluding hydrogens is 565 g/mol. The van der Waals surface area contributed by atoms with Crippen molar-refractivity contribution in [3.05, 3.63) is 81.3 Å². The van der Waals surface area contributed by atoms with E-state index in [1.807, 2.05) is 38.2 Å². The summed E-state index contributed by atoms with van der Waals surface area (Å²) in [5, 5.41) is 9.11. The zero-order valence-electron chi connectivity index (χ0n) is 26.1. The van der Waals surface area contributed by atoms with Gasteiger partial charge in [0.2, 0.25) is 0 Å². The molecular formula is C37H40N4O2S. The Kier molecular flexibility index (Phi) is 7.32. The highest BCUT2D eigenvalue weighted by Gasteiger charge is 2.44. The molecule has 1 N–H and O–H groups in total. The van der Waals surface area contributed by atoms with Crippen LogP contribution in [0.5, 0.6) is 0 Å². The first kappa shape index (κ1) is 28.8. The van der Waals surface area contributed by atoms with Crippen molar-refractivity contribution in [2.75, 3.05) is 0 Å². The van der Waals surface area contributed by atoms with E-state index in [1.54, 1.807) is 18.3 Å². The summed E-state index contributed by atoms with van der Waals surface area (Å²) in [6.07, 6.45) is 11.0. The van der Waals surface area contributed by atoms with E-state index < -0.39 is 5.54 Å². The maximum atomic E-state index is 14.0. The second kappa shape index (κ2) is 11.2. The summed E-state index contributed by atoms with van der Waals surface area (Å²) in [5.74, 6) is 1.45. The molecule has 3 heterocycles. The van der Waals surface area contributed by atoms with Gasteiger partial charge in [-0.15, -0.1) is 0 Å². The second-order valence-corrected chi connectivity index (χ2v) is 13.7. The number of ketones is 1. The summed E-state index contributed by atoms with van der Waals surface area (Å²) >= 11 is 1.73. The SMILES string of the molecule is CC(=O)/C(C)=C/c1ccc2nc(C3(NC(=O)c4ccc5c(C6CCCCC6)c(-c6ccsc6)n(C)c5c4)CCC3)n(C)c2c1. The van der Waals surface area contributed by atoms with Gasteiger partial charge < -0.3 is 14.5 Å². The number of allylic oxidation sites excluding steroid dienone is 1. The summed E-state index contributed by atoms with van der Waals surface area (Å²) in [4.78, 5) is 30.8. The van der Waals surface area contributed by atoms with Crippen molar-refractivity contribution in [3.8, 4) is 11.3 Å². The van der Waals surface area contributed by atoms with Crippen LogP contribution in [0.4, 0.5) is 0 Å². The average Bonchev–Trinajstić information content (AvgIpc) is 3.72. The van der Waals surface area contributed by atoms with Gasteiger partial charge in [0.25, 0.3) is 5.91 Å². The summed E-state index contributed by atoms with van der Waals surface area (Å²) in [6.45, 7) is 3.43. The Morgan fingerprint density at radius 3 is 2.43 bits per heavy atom. The van der Waals surface area contributed by atoms with Gasteiger partial charge in [-0.05, 0) is 110 Å². The van der Waals surface area contributed by atoms with Crippen molar-refractivity contribution < 1.29 is 9.59 Å². The Bertz CT molecular complexity index is 1930. The van der Waals surface area contributed by atoms with Gasteiger partial charge in [-0.2, -0.15) is 11.3 Å². The molecule has 0 radical (unpaired) electrons. The molecule has 2 aliphatic carbocycles. The van der Waals surface area contributed by atoms with Gasteiger partial charge in [0.05, 0.1) is 22.3 Å². The van der Waals surface area contributed by atoms with Crippen LogP contribution < -0.4 is 5.32 Å². The number of hydrogen-bond acceptors (Lipinski definition) is 4. The standard InChI is InChI=1S/C37H40N4O2S/c1-23(24(2)42)19-25-11-14-30-32(20-25)41(4)36(38-30)37(16-8-17-37)39-35(43)27-12-13-29-31(21-27)40(3)34(28-15-18-44-22-28)33(29)26-9-6-5-7-10-26/h11-15,18-22,26H,5-10,16-17H2,1-4H3,(H,39,43)/b23-19+. The fourth-order valence-electron chi connectivity index (χ4n) is 7.46. The van der Waals surface area contributed by atoms with Crippen LogP contribution in [0, 0.1) is 0 Å². The van der Waals surface area contributed by atoms with Crippen LogP contribution in [0.15, 0.2) is 58.8 Å². The smallest absolute Gasteiger partial charge is 0.252 e. The zero-order valence-corrected chi connectivity index (χ0v) is 26.9. The minimum atomic E-state index is -0.506. The van der Waals surface area contributed by atoms with Gasteiger partial charge in [-0.3, -0.25) is 9.59 Å². The summed E-state index contributed by atoms with van der Waals surface area (Å²) in [7, 11) is 4.18. The molecule has 2 saturated carbocycles. The Labute approximate surface area is 262 Å². The molecule has 2 aliphatic rings. The molecule has 0 atom stereocenters. The van der Waals surface area contributed by atoms with Crippen LogP contribution >= 0.6 is 11.3 Å². The second-order valence-electron chi connectivity index (χ2n) is 12.9. The lowest BCUT2D eigenvalue weighted by atomic mass is 9.75. The highest BCUT2D eigenvalue weighted by atomic mass is 32.1. The van der Waals surface area contributed by atoms with Gasteiger partial charge in [-0.1, -0.05) is 31.4 Å². The van der Waals surface area contributed by atoms with Crippen LogP contribution in [0.2, 0.25) is 0 Å². The highest BCUT2D eigenvalue weighted by Crippen LogP contribution is 2.45. The number of benzene rings is 2. The number of hydrogen-bond donors (Lipinski definition) is 1. The summed E-state index contributed by atoms with van der Waals surface area (Å²) in [6, 6.07) is 14.6. The number of fused-ring (bicyclic) bond motifs is 2.